The lowest BCUT2D eigenvalue weighted by molar-refractivity contribution is 0.628. The van der Waals surface area contributed by atoms with Crippen LogP contribution in [-0.4, -0.2) is 32.7 Å². The maximum Gasteiger partial charge on any atom is 0.223 e. The van der Waals surface area contributed by atoms with Crippen LogP contribution in [0.5, 0.6) is 0 Å². The molecule has 3 heterocycles. The molecule has 0 atom stereocenters. The van der Waals surface area contributed by atoms with Crippen LogP contribution in [0.4, 0.5) is 16.2 Å². The van der Waals surface area contributed by atoms with Crippen LogP contribution in [-0.2, 0) is 0 Å². The first-order valence-corrected chi connectivity index (χ1v) is 10.8. The Balaban J connectivity index is 1.87. The molecule has 0 aliphatic heterocycles. The Bertz CT molecular complexity index is 1150. The van der Waals surface area contributed by atoms with E-state index in [0.29, 0.717) is 5.95 Å². The molecule has 4 rings (SSSR count). The summed E-state index contributed by atoms with van der Waals surface area (Å²) in [6.45, 7) is 5.94. The molecule has 0 bridgehead atoms. The molecule has 3 aromatic heterocycles. The van der Waals surface area contributed by atoms with Crippen LogP contribution in [0.15, 0.2) is 54.7 Å². The van der Waals surface area contributed by atoms with E-state index >= 15 is 0 Å². The minimum absolute atomic E-state index is 0.274. The Hall–Kier alpha value is -3.48. The molecule has 6 nitrogen and oxygen atoms in total. The van der Waals surface area contributed by atoms with Crippen LogP contribution in [0, 0.1) is 5.82 Å². The number of anilines is 2. The van der Waals surface area contributed by atoms with Crippen molar-refractivity contribution in [3.05, 3.63) is 60.5 Å². The zero-order chi connectivity index (χ0) is 21.6. The van der Waals surface area contributed by atoms with E-state index in [1.54, 1.807) is 18.3 Å². The molecule has 160 valence electrons. The van der Waals surface area contributed by atoms with E-state index in [1.807, 2.05) is 28.8 Å². The van der Waals surface area contributed by atoms with E-state index in [2.05, 4.69) is 29.5 Å². The Morgan fingerprint density at radius 1 is 0.935 bits per heavy atom. The van der Waals surface area contributed by atoms with Gasteiger partial charge in [-0.1, -0.05) is 26.3 Å². The highest BCUT2D eigenvalue weighted by Crippen LogP contribution is 2.35. The number of unbranched alkanes of at least 4 members (excludes halogenated alkanes) is 1. The third kappa shape index (κ3) is 4.50. The van der Waals surface area contributed by atoms with Gasteiger partial charge < -0.3 is 10.6 Å². The third-order valence-corrected chi connectivity index (χ3v) is 5.06. The van der Waals surface area contributed by atoms with E-state index in [0.717, 1.165) is 66.2 Å². The number of hydrogen-bond donors (Lipinski definition) is 2. The maximum absolute atomic E-state index is 13.6. The normalized spacial score (nSPS) is 11.1. The second-order valence-electron chi connectivity index (χ2n) is 7.41. The fourth-order valence-corrected chi connectivity index (χ4v) is 3.48. The first kappa shape index (κ1) is 20.8. The predicted molar refractivity (Wildman–Crippen MR) is 124 cm³/mol. The zero-order valence-electron chi connectivity index (χ0n) is 17.9. The van der Waals surface area contributed by atoms with Gasteiger partial charge >= 0.3 is 0 Å². The molecule has 0 amide bonds. The molecule has 4 aromatic rings. The average molecular weight is 419 g/mol. The van der Waals surface area contributed by atoms with Gasteiger partial charge in [-0.3, -0.25) is 0 Å². The topological polar surface area (TPSA) is 67.1 Å². The van der Waals surface area contributed by atoms with Gasteiger partial charge in [0.25, 0.3) is 0 Å². The summed E-state index contributed by atoms with van der Waals surface area (Å²) in [6.07, 6.45) is 4.92. The van der Waals surface area contributed by atoms with E-state index in [9.17, 15) is 4.39 Å². The van der Waals surface area contributed by atoms with Gasteiger partial charge in [0.15, 0.2) is 0 Å². The summed E-state index contributed by atoms with van der Waals surface area (Å²) in [7, 11) is 0. The Morgan fingerprint density at radius 3 is 2.55 bits per heavy atom. The molecule has 31 heavy (non-hydrogen) atoms. The summed E-state index contributed by atoms with van der Waals surface area (Å²) >= 11 is 0. The first-order chi connectivity index (χ1) is 15.2. The van der Waals surface area contributed by atoms with Gasteiger partial charge in [0.2, 0.25) is 5.95 Å². The summed E-state index contributed by atoms with van der Waals surface area (Å²) in [4.78, 5) is 9.12. The predicted octanol–water partition coefficient (Wildman–Crippen LogP) is 5.63. The average Bonchev–Trinajstić information content (AvgIpc) is 3.19. The monoisotopic (exact) mass is 418 g/mol. The highest BCUT2D eigenvalue weighted by atomic mass is 19.1. The largest absolute Gasteiger partial charge is 0.370 e. The minimum Gasteiger partial charge on any atom is -0.370 e. The van der Waals surface area contributed by atoms with Crippen molar-refractivity contribution in [2.24, 2.45) is 0 Å². The fourth-order valence-electron chi connectivity index (χ4n) is 3.48. The number of nitrogens with one attached hydrogen (secondary N) is 2. The summed E-state index contributed by atoms with van der Waals surface area (Å²) in [5.41, 5.74) is 4.19. The van der Waals surface area contributed by atoms with E-state index < -0.39 is 0 Å². The van der Waals surface area contributed by atoms with Crippen LogP contribution >= 0.6 is 0 Å². The molecule has 0 aliphatic carbocycles. The van der Waals surface area contributed by atoms with Crippen molar-refractivity contribution < 1.29 is 4.39 Å². The van der Waals surface area contributed by atoms with Gasteiger partial charge in [-0.05, 0) is 55.3 Å². The molecule has 0 radical (unpaired) electrons. The molecule has 0 spiro atoms. The molecule has 0 saturated carbocycles. The highest BCUT2D eigenvalue weighted by Gasteiger charge is 2.19. The zero-order valence-corrected chi connectivity index (χ0v) is 17.9. The molecule has 0 unspecified atom stereocenters. The van der Waals surface area contributed by atoms with E-state index in [-0.39, 0.29) is 5.82 Å². The molecule has 0 fully saturated rings. The smallest absolute Gasteiger partial charge is 0.223 e. The first-order valence-electron chi connectivity index (χ1n) is 10.8. The van der Waals surface area contributed by atoms with Crippen LogP contribution < -0.4 is 10.6 Å². The molecule has 0 saturated heterocycles. The maximum atomic E-state index is 13.6. The van der Waals surface area contributed by atoms with Crippen molar-refractivity contribution >= 4 is 17.3 Å². The number of rotatable bonds is 9. The van der Waals surface area contributed by atoms with Crippen molar-refractivity contribution in [2.45, 2.75) is 33.1 Å². The lowest BCUT2D eigenvalue weighted by atomic mass is 10.0. The van der Waals surface area contributed by atoms with Gasteiger partial charge in [0, 0.05) is 24.8 Å². The van der Waals surface area contributed by atoms with Crippen molar-refractivity contribution in [1.29, 1.82) is 0 Å². The fraction of sp³-hybridized carbons (Fsp3) is 0.292. The number of halogens is 1. The quantitative estimate of drug-likeness (QED) is 0.345. The third-order valence-electron chi connectivity index (χ3n) is 5.06. The Morgan fingerprint density at radius 2 is 1.77 bits per heavy atom. The molecule has 0 aliphatic rings. The standard InChI is InChI=1S/C24H27FN6/c1-3-5-15-27-24-28-16-13-19(29-24)22-20-7-6-8-21(26-14-4-2)31(20)30-23(22)17-9-11-18(25)12-10-17/h6-13,16,26H,3-5,14-15H2,1-2H3,(H,27,28,29). The molecule has 7 heteroatoms. The van der Waals surface area contributed by atoms with Crippen LogP contribution in [0.1, 0.15) is 33.1 Å². The summed E-state index contributed by atoms with van der Waals surface area (Å²) in [6, 6.07) is 14.3. The number of nitrogens with zero attached hydrogens (tertiary/aromatic N) is 4. The lowest BCUT2D eigenvalue weighted by Gasteiger charge is -2.08. The summed E-state index contributed by atoms with van der Waals surface area (Å²) in [5.74, 6) is 1.23. The highest BCUT2D eigenvalue weighted by molar-refractivity contribution is 5.91. The van der Waals surface area contributed by atoms with E-state index in [4.69, 9.17) is 10.1 Å². The molecular formula is C24H27FN6. The van der Waals surface area contributed by atoms with E-state index in [1.165, 1.54) is 12.1 Å². The SMILES string of the molecule is CCCCNc1nccc(-c2c(-c3ccc(F)cc3)nn3c(NCCC)cccc23)n1. The van der Waals surface area contributed by atoms with Crippen LogP contribution in [0.2, 0.25) is 0 Å². The number of fused-ring (bicyclic) bond motifs is 1. The van der Waals surface area contributed by atoms with Gasteiger partial charge in [0.05, 0.1) is 16.8 Å². The van der Waals surface area contributed by atoms with Crippen molar-refractivity contribution in [1.82, 2.24) is 19.6 Å². The molecular weight excluding hydrogens is 391 g/mol. The van der Waals surface area contributed by atoms with Gasteiger partial charge in [-0.2, -0.15) is 5.10 Å². The molecule has 1 aromatic carbocycles. The number of pyridine rings is 1. The second-order valence-corrected chi connectivity index (χ2v) is 7.41. The number of aromatic nitrogens is 4. The Kier molecular flexibility index (Phi) is 6.40. The van der Waals surface area contributed by atoms with Crippen LogP contribution in [0.3, 0.4) is 0 Å². The second kappa shape index (κ2) is 9.55. The van der Waals surface area contributed by atoms with Crippen molar-refractivity contribution in [3.8, 4) is 22.5 Å². The van der Waals surface area contributed by atoms with Gasteiger partial charge in [-0.25, -0.2) is 18.9 Å². The number of hydrogen-bond acceptors (Lipinski definition) is 5. The van der Waals surface area contributed by atoms with Gasteiger partial charge in [0.1, 0.15) is 17.3 Å². The Labute approximate surface area is 181 Å². The van der Waals surface area contributed by atoms with Crippen molar-refractivity contribution in [2.75, 3.05) is 23.7 Å². The summed E-state index contributed by atoms with van der Waals surface area (Å²) < 4.78 is 15.5. The van der Waals surface area contributed by atoms with Crippen molar-refractivity contribution in [3.63, 3.8) is 0 Å². The molecule has 2 N–H and O–H groups in total. The lowest BCUT2D eigenvalue weighted by Crippen LogP contribution is -2.05. The summed E-state index contributed by atoms with van der Waals surface area (Å²) in [5, 5.41) is 11.6. The number of benzene rings is 1. The van der Waals surface area contributed by atoms with Gasteiger partial charge in [-0.15, -0.1) is 0 Å². The van der Waals surface area contributed by atoms with Crippen LogP contribution in [0.25, 0.3) is 28.0 Å². The minimum atomic E-state index is -0.274.